The van der Waals surface area contributed by atoms with Crippen LogP contribution in [0.5, 0.6) is 0 Å². The van der Waals surface area contributed by atoms with E-state index in [2.05, 4.69) is 73.5 Å². The summed E-state index contributed by atoms with van der Waals surface area (Å²) in [5.41, 5.74) is 7.11. The molecule has 7 nitrogen and oxygen atoms in total. The van der Waals surface area contributed by atoms with Crippen LogP contribution in [0.2, 0.25) is 0 Å². The third-order valence-corrected chi connectivity index (χ3v) is 10.5. The number of amides is 1. The van der Waals surface area contributed by atoms with Gasteiger partial charge in [-0.1, -0.05) is 74.5 Å². The van der Waals surface area contributed by atoms with E-state index in [9.17, 15) is 31.5 Å². The van der Waals surface area contributed by atoms with Crippen LogP contribution in [-0.4, -0.2) is 77.1 Å². The molecule has 12 heteroatoms. The van der Waals surface area contributed by atoms with Gasteiger partial charge in [0.1, 0.15) is 5.41 Å². The van der Waals surface area contributed by atoms with Gasteiger partial charge in [0.25, 0.3) is 6.43 Å². The molecule has 4 aromatic rings. The van der Waals surface area contributed by atoms with Gasteiger partial charge in [0, 0.05) is 30.1 Å². The minimum Gasteiger partial charge on any atom is -0.481 e. The van der Waals surface area contributed by atoms with Gasteiger partial charge in [-0.15, -0.1) is 0 Å². The molecule has 0 spiro atoms. The number of carbonyl (C=O) groups is 2. The molecule has 2 aliphatic heterocycles. The minimum absolute atomic E-state index is 0.132. The second-order valence-corrected chi connectivity index (χ2v) is 14.5. The maximum absolute atomic E-state index is 12.8. The van der Waals surface area contributed by atoms with Crippen molar-refractivity contribution in [3.8, 4) is 11.3 Å². The van der Waals surface area contributed by atoms with Crippen LogP contribution in [0.4, 0.5) is 22.0 Å². The highest BCUT2D eigenvalue weighted by atomic mass is 19.4. The number of aliphatic carboxylic acids is 1. The number of piperidine rings is 2. The molecule has 0 bridgehead atoms. The van der Waals surface area contributed by atoms with Crippen LogP contribution in [-0.2, 0) is 22.6 Å². The van der Waals surface area contributed by atoms with Gasteiger partial charge in [-0.05, 0) is 91.0 Å². The van der Waals surface area contributed by atoms with E-state index in [0.29, 0.717) is 11.8 Å². The van der Waals surface area contributed by atoms with Crippen LogP contribution in [0.1, 0.15) is 57.1 Å². The Labute approximate surface area is 294 Å². The zero-order valence-corrected chi connectivity index (χ0v) is 29.0. The lowest BCUT2D eigenvalue weighted by molar-refractivity contribution is -0.231. The van der Waals surface area contributed by atoms with E-state index in [1.165, 1.54) is 34.1 Å². The average molecular weight is 713 g/mol. The van der Waals surface area contributed by atoms with Crippen LogP contribution in [0, 0.1) is 10.8 Å². The lowest BCUT2D eigenvalue weighted by atomic mass is 9.77. The Hall–Kier alpha value is -4.16. The number of nitrogens with two attached hydrogens (primary N) is 1. The van der Waals surface area contributed by atoms with Crippen molar-refractivity contribution in [2.24, 2.45) is 16.6 Å². The lowest BCUT2D eigenvalue weighted by Gasteiger charge is -2.40. The van der Waals surface area contributed by atoms with Crippen molar-refractivity contribution < 1.29 is 36.6 Å². The first-order valence-electron chi connectivity index (χ1n) is 17.3. The fraction of sp³-hybridized carbons (Fsp3) is 0.462. The summed E-state index contributed by atoms with van der Waals surface area (Å²) in [6.07, 6.45) is -3.25. The average Bonchev–Trinajstić information content (AvgIpc) is 3.08. The summed E-state index contributed by atoms with van der Waals surface area (Å²) in [5.74, 6) is -2.20. The van der Waals surface area contributed by atoms with Crippen LogP contribution in [0.3, 0.4) is 0 Å². The molecule has 0 aliphatic carbocycles. The Bertz CT molecular complexity index is 1840. The zero-order valence-electron chi connectivity index (χ0n) is 29.0. The monoisotopic (exact) mass is 712 g/mol. The fourth-order valence-electron chi connectivity index (χ4n) is 7.17. The number of nitrogens with zero attached hydrogens (tertiary/aromatic N) is 3. The van der Waals surface area contributed by atoms with Gasteiger partial charge in [-0.3, -0.25) is 24.4 Å². The van der Waals surface area contributed by atoms with E-state index in [-0.39, 0.29) is 19.5 Å². The van der Waals surface area contributed by atoms with E-state index in [4.69, 9.17) is 15.8 Å². The maximum Gasteiger partial charge on any atom is 0.403 e. The van der Waals surface area contributed by atoms with Crippen molar-refractivity contribution in [1.29, 1.82) is 0 Å². The van der Waals surface area contributed by atoms with Gasteiger partial charge in [-0.2, -0.15) is 13.2 Å². The first-order valence-corrected chi connectivity index (χ1v) is 17.3. The highest BCUT2D eigenvalue weighted by Gasteiger charge is 2.60. The predicted molar refractivity (Wildman–Crippen MR) is 188 cm³/mol. The van der Waals surface area contributed by atoms with Gasteiger partial charge < -0.3 is 10.8 Å². The second-order valence-electron chi connectivity index (χ2n) is 14.5. The first-order chi connectivity index (χ1) is 24.1. The number of aryl methyl sites for hydroxylation is 1. The largest absolute Gasteiger partial charge is 0.481 e. The second kappa shape index (κ2) is 15.6. The molecular formula is C39H45F5N4O3. The van der Waals surface area contributed by atoms with Gasteiger partial charge in [0.15, 0.2) is 0 Å². The first kappa shape index (κ1) is 38.1. The quantitative estimate of drug-likeness (QED) is 0.170. The Morgan fingerprint density at radius 1 is 0.824 bits per heavy atom. The number of halogens is 5. The highest BCUT2D eigenvalue weighted by molar-refractivity contribution is 6.05. The molecule has 0 saturated carbocycles. The number of hydrogen-bond donors (Lipinski definition) is 2. The van der Waals surface area contributed by atoms with Crippen molar-refractivity contribution >= 4 is 33.4 Å². The van der Waals surface area contributed by atoms with E-state index >= 15 is 0 Å². The molecule has 1 aromatic heterocycles. The summed E-state index contributed by atoms with van der Waals surface area (Å²) in [6.45, 7) is 6.95. The topological polar surface area (TPSA) is 99.8 Å². The van der Waals surface area contributed by atoms with E-state index in [1.807, 2.05) is 12.1 Å². The number of rotatable bonds is 9. The molecule has 2 saturated heterocycles. The van der Waals surface area contributed by atoms with Crippen LogP contribution in [0.15, 0.2) is 66.9 Å². The van der Waals surface area contributed by atoms with Crippen LogP contribution < -0.4 is 5.73 Å². The molecule has 3 aromatic carbocycles. The van der Waals surface area contributed by atoms with Crippen molar-refractivity contribution in [2.75, 3.05) is 32.7 Å². The summed E-state index contributed by atoms with van der Waals surface area (Å²) in [5, 5.41) is 13.8. The van der Waals surface area contributed by atoms with Crippen LogP contribution >= 0.6 is 0 Å². The number of benzene rings is 3. The summed E-state index contributed by atoms with van der Waals surface area (Å²) in [6, 6.07) is 21.0. The van der Waals surface area contributed by atoms with Crippen molar-refractivity contribution in [3.05, 3.63) is 78.0 Å². The number of hydrogen-bond acceptors (Lipinski definition) is 5. The molecule has 3 N–H and O–H groups in total. The minimum atomic E-state index is -4.73. The van der Waals surface area contributed by atoms with Gasteiger partial charge >= 0.3 is 12.1 Å². The van der Waals surface area contributed by atoms with Gasteiger partial charge in [-0.25, -0.2) is 8.78 Å². The summed E-state index contributed by atoms with van der Waals surface area (Å²) < 4.78 is 62.4. The van der Waals surface area contributed by atoms with E-state index < -0.39 is 49.3 Å². The predicted octanol–water partition coefficient (Wildman–Crippen LogP) is 8.08. The molecule has 3 heterocycles. The number of carboxylic acid groups (broad SMARTS) is 1. The molecule has 0 atom stereocenters. The number of fused-ring (bicyclic) bond motifs is 2. The third kappa shape index (κ3) is 8.84. The molecule has 1 amide bonds. The number of primary amides is 1. The van der Waals surface area contributed by atoms with Crippen LogP contribution in [0.25, 0.3) is 32.8 Å². The number of pyridine rings is 1. The molecule has 51 heavy (non-hydrogen) atoms. The standard InChI is InChI=1S/C30H32N2O2.C9H13F5N2O/c1-30(2)15-17-32(18-16-30)20-22-19-31-29(26-9-4-3-8-24(22)26)27-12-6-10-23-21(13-14-28(33)34)7-5-11-25(23)27;10-6(11)5-16-3-1-8(2-4-16,7(15)17)9(12,13)14/h3-12,19H,13-18,20H2,1-2H3,(H,33,34);6H,1-5H2,(H2,15,17). The van der Waals surface area contributed by atoms with Crippen molar-refractivity contribution in [1.82, 2.24) is 14.8 Å². The Morgan fingerprint density at radius 2 is 1.39 bits per heavy atom. The smallest absolute Gasteiger partial charge is 0.403 e. The number of likely N-dealkylation sites (tertiary alicyclic amines) is 2. The Morgan fingerprint density at radius 3 is 2.00 bits per heavy atom. The van der Waals surface area contributed by atoms with Gasteiger partial charge in [0.2, 0.25) is 5.91 Å². The number of aromatic nitrogens is 1. The zero-order chi connectivity index (χ0) is 37.0. The summed E-state index contributed by atoms with van der Waals surface area (Å²) in [7, 11) is 0. The normalized spacial score (nSPS) is 18.0. The van der Waals surface area contributed by atoms with Crippen molar-refractivity contribution in [3.63, 3.8) is 0 Å². The molecule has 2 aliphatic rings. The maximum atomic E-state index is 12.8. The van der Waals surface area contributed by atoms with Gasteiger partial charge in [0.05, 0.1) is 12.2 Å². The SMILES string of the molecule is CC1(C)CCN(Cc2cnc(-c3cccc4c(CCC(=O)O)cccc34)c3ccccc23)CC1.NC(=O)C1(C(F)(F)F)CCN(CC(F)F)CC1. The molecule has 2 fully saturated rings. The molecule has 0 radical (unpaired) electrons. The van der Waals surface area contributed by atoms with E-state index in [0.717, 1.165) is 47.2 Å². The Kier molecular flexibility index (Phi) is 11.7. The fourth-order valence-corrected chi connectivity index (χ4v) is 7.17. The Balaban J connectivity index is 0.000000251. The van der Waals surface area contributed by atoms with Crippen molar-refractivity contribution in [2.45, 2.75) is 71.5 Å². The number of alkyl halides is 5. The molecular weight excluding hydrogens is 667 g/mol. The van der Waals surface area contributed by atoms with E-state index in [1.54, 1.807) is 0 Å². The lowest BCUT2D eigenvalue weighted by Crippen LogP contribution is -2.55. The number of carboxylic acids is 1. The molecule has 6 rings (SSSR count). The molecule has 274 valence electrons. The summed E-state index contributed by atoms with van der Waals surface area (Å²) in [4.78, 5) is 30.9. The molecule has 0 unspecified atom stereocenters. The third-order valence-electron chi connectivity index (χ3n) is 10.5. The number of carbonyl (C=O) groups excluding carboxylic acids is 1. The highest BCUT2D eigenvalue weighted by Crippen LogP contribution is 2.46. The summed E-state index contributed by atoms with van der Waals surface area (Å²) >= 11 is 0.